The zero-order chi connectivity index (χ0) is 18.7. The largest absolute Gasteiger partial charge is 0.335 e. The number of carbonyl (C=O) groups is 2. The van der Waals surface area contributed by atoms with Crippen LogP contribution in [0, 0.1) is 13.8 Å². The second-order valence-corrected chi connectivity index (χ2v) is 6.77. The Morgan fingerprint density at radius 3 is 2.35 bits per heavy atom. The fraction of sp³-hybridized carbons (Fsp3) is 0.316. The summed E-state index contributed by atoms with van der Waals surface area (Å²) in [7, 11) is 0. The molecule has 1 fully saturated rings. The van der Waals surface area contributed by atoms with Crippen LogP contribution in [0.1, 0.15) is 21.6 Å². The third-order valence-electron chi connectivity index (χ3n) is 4.44. The Morgan fingerprint density at radius 1 is 1.04 bits per heavy atom. The van der Waals surface area contributed by atoms with Crippen LogP contribution >= 0.6 is 11.6 Å². The Hall–Kier alpha value is -2.60. The molecule has 2 heterocycles. The number of hydrogen-bond donors (Lipinski definition) is 1. The van der Waals surface area contributed by atoms with Gasteiger partial charge in [-0.15, -0.1) is 0 Å². The number of halogens is 1. The lowest BCUT2D eigenvalue weighted by Gasteiger charge is -2.34. The first-order chi connectivity index (χ1) is 12.4. The number of anilines is 1. The lowest BCUT2D eigenvalue weighted by Crippen LogP contribution is -2.51. The minimum absolute atomic E-state index is 0.0529. The van der Waals surface area contributed by atoms with E-state index in [9.17, 15) is 9.59 Å². The van der Waals surface area contributed by atoms with Crippen LogP contribution in [0.3, 0.4) is 0 Å². The average molecular weight is 373 g/mol. The summed E-state index contributed by atoms with van der Waals surface area (Å²) in [6.07, 6.45) is 1.60. The first-order valence-electron chi connectivity index (χ1n) is 8.48. The predicted octanol–water partition coefficient (Wildman–Crippen LogP) is 3.34. The molecule has 2 aromatic rings. The van der Waals surface area contributed by atoms with Gasteiger partial charge in [0.1, 0.15) is 0 Å². The van der Waals surface area contributed by atoms with Crippen molar-refractivity contribution in [2.75, 3.05) is 31.5 Å². The van der Waals surface area contributed by atoms with Gasteiger partial charge in [-0.2, -0.15) is 0 Å². The highest BCUT2D eigenvalue weighted by Gasteiger charge is 2.25. The molecule has 0 unspecified atom stereocenters. The van der Waals surface area contributed by atoms with Crippen molar-refractivity contribution in [1.29, 1.82) is 0 Å². The van der Waals surface area contributed by atoms with Crippen molar-refractivity contribution in [2.45, 2.75) is 13.8 Å². The lowest BCUT2D eigenvalue weighted by molar-refractivity contribution is 0.0671. The molecule has 7 heteroatoms. The summed E-state index contributed by atoms with van der Waals surface area (Å²) in [6.45, 7) is 5.75. The second-order valence-electron chi connectivity index (χ2n) is 6.36. The summed E-state index contributed by atoms with van der Waals surface area (Å²) >= 11 is 6.09. The van der Waals surface area contributed by atoms with E-state index in [1.807, 2.05) is 32.0 Å². The van der Waals surface area contributed by atoms with Crippen molar-refractivity contribution in [3.8, 4) is 0 Å². The second kappa shape index (κ2) is 7.74. The molecule has 1 aromatic heterocycles. The molecule has 3 amide bonds. The van der Waals surface area contributed by atoms with Crippen molar-refractivity contribution in [2.24, 2.45) is 0 Å². The zero-order valence-corrected chi connectivity index (χ0v) is 15.6. The molecule has 3 rings (SSSR count). The van der Waals surface area contributed by atoms with Crippen LogP contribution in [-0.2, 0) is 0 Å². The molecule has 1 aromatic carbocycles. The van der Waals surface area contributed by atoms with E-state index in [-0.39, 0.29) is 11.9 Å². The summed E-state index contributed by atoms with van der Waals surface area (Å²) in [4.78, 5) is 32.5. The molecule has 136 valence electrons. The van der Waals surface area contributed by atoms with Crippen molar-refractivity contribution >= 4 is 29.2 Å². The number of rotatable bonds is 2. The van der Waals surface area contributed by atoms with Gasteiger partial charge in [0, 0.05) is 48.8 Å². The van der Waals surface area contributed by atoms with Gasteiger partial charge in [-0.25, -0.2) is 4.79 Å². The van der Waals surface area contributed by atoms with E-state index in [0.717, 1.165) is 11.3 Å². The van der Waals surface area contributed by atoms with E-state index in [1.54, 1.807) is 28.1 Å². The van der Waals surface area contributed by atoms with Crippen molar-refractivity contribution in [3.63, 3.8) is 0 Å². The number of aromatic nitrogens is 1. The smallest absolute Gasteiger partial charge is 0.321 e. The fourth-order valence-corrected chi connectivity index (χ4v) is 2.94. The Balaban J connectivity index is 1.55. The molecule has 0 radical (unpaired) electrons. The van der Waals surface area contributed by atoms with Gasteiger partial charge in [0.15, 0.2) is 0 Å². The highest BCUT2D eigenvalue weighted by Crippen LogP contribution is 2.20. The van der Waals surface area contributed by atoms with Crippen molar-refractivity contribution < 1.29 is 9.59 Å². The molecule has 1 N–H and O–H groups in total. The van der Waals surface area contributed by atoms with Crippen LogP contribution < -0.4 is 5.32 Å². The predicted molar refractivity (Wildman–Crippen MR) is 102 cm³/mol. The lowest BCUT2D eigenvalue weighted by atomic mass is 10.2. The normalized spacial score (nSPS) is 14.3. The van der Waals surface area contributed by atoms with Crippen LogP contribution in [0.25, 0.3) is 0 Å². The number of hydrogen-bond acceptors (Lipinski definition) is 3. The number of aryl methyl sites for hydroxylation is 2. The van der Waals surface area contributed by atoms with E-state index in [4.69, 9.17) is 11.6 Å². The van der Waals surface area contributed by atoms with Crippen molar-refractivity contribution in [1.82, 2.24) is 14.8 Å². The fourth-order valence-electron chi connectivity index (χ4n) is 2.76. The number of nitrogens with one attached hydrogen (secondary N) is 1. The van der Waals surface area contributed by atoms with Crippen LogP contribution in [-0.4, -0.2) is 52.9 Å². The Morgan fingerprint density at radius 2 is 1.73 bits per heavy atom. The summed E-state index contributed by atoms with van der Waals surface area (Å²) < 4.78 is 0. The molecule has 26 heavy (non-hydrogen) atoms. The van der Waals surface area contributed by atoms with Crippen LogP contribution in [0.5, 0.6) is 0 Å². The number of pyridine rings is 1. The van der Waals surface area contributed by atoms with Crippen LogP contribution in [0.2, 0.25) is 5.02 Å². The average Bonchev–Trinajstić information content (AvgIpc) is 2.65. The van der Waals surface area contributed by atoms with Gasteiger partial charge in [-0.1, -0.05) is 17.7 Å². The molecule has 0 aliphatic carbocycles. The summed E-state index contributed by atoms with van der Waals surface area (Å²) in [5, 5.41) is 3.47. The number of piperazine rings is 1. The molecule has 6 nitrogen and oxygen atoms in total. The summed E-state index contributed by atoms with van der Waals surface area (Å²) in [5.41, 5.74) is 3.07. The van der Waals surface area contributed by atoms with E-state index < -0.39 is 0 Å². The van der Waals surface area contributed by atoms with Crippen LogP contribution in [0.15, 0.2) is 36.5 Å². The van der Waals surface area contributed by atoms with E-state index in [1.165, 1.54) is 0 Å². The molecule has 1 saturated heterocycles. The van der Waals surface area contributed by atoms with Gasteiger partial charge < -0.3 is 15.1 Å². The quantitative estimate of drug-likeness (QED) is 0.879. The van der Waals surface area contributed by atoms with Gasteiger partial charge >= 0.3 is 6.03 Å². The highest BCUT2D eigenvalue weighted by atomic mass is 35.5. The molecule has 1 aliphatic rings. The number of nitrogens with zero attached hydrogens (tertiary/aromatic N) is 3. The molecule has 0 saturated carbocycles. The maximum atomic E-state index is 12.5. The Kier molecular flexibility index (Phi) is 5.42. The van der Waals surface area contributed by atoms with E-state index in [0.29, 0.717) is 42.5 Å². The molecule has 0 spiro atoms. The van der Waals surface area contributed by atoms with Gasteiger partial charge in [-0.3, -0.25) is 9.78 Å². The van der Waals surface area contributed by atoms with E-state index in [2.05, 4.69) is 10.3 Å². The zero-order valence-electron chi connectivity index (χ0n) is 14.8. The van der Waals surface area contributed by atoms with Gasteiger partial charge in [0.2, 0.25) is 0 Å². The Bertz CT molecular complexity index is 815. The number of carbonyl (C=O) groups excluding carboxylic acids is 2. The molecular weight excluding hydrogens is 352 g/mol. The van der Waals surface area contributed by atoms with Gasteiger partial charge in [0.05, 0.1) is 5.56 Å². The maximum Gasteiger partial charge on any atom is 0.321 e. The van der Waals surface area contributed by atoms with Gasteiger partial charge in [-0.05, 0) is 43.7 Å². The standard InChI is InChI=1S/C19H21ClN4O2/c1-13-3-6-16(11-17(13)20)22-19(26)24-9-7-23(8-10-24)18(25)15-5-4-14(2)21-12-15/h3-6,11-12H,7-10H2,1-2H3,(H,22,26). The monoisotopic (exact) mass is 372 g/mol. The third-order valence-corrected chi connectivity index (χ3v) is 4.84. The minimum Gasteiger partial charge on any atom is -0.335 e. The van der Waals surface area contributed by atoms with Gasteiger partial charge in [0.25, 0.3) is 5.91 Å². The molecular formula is C19H21ClN4O2. The molecule has 1 aliphatic heterocycles. The molecule has 0 bridgehead atoms. The first-order valence-corrected chi connectivity index (χ1v) is 8.86. The topological polar surface area (TPSA) is 65.5 Å². The Labute approximate surface area is 157 Å². The summed E-state index contributed by atoms with van der Waals surface area (Å²) in [5.74, 6) is -0.0529. The molecule has 0 atom stereocenters. The maximum absolute atomic E-state index is 12.5. The third kappa shape index (κ3) is 4.14. The first kappa shape index (κ1) is 18.2. The number of amides is 3. The van der Waals surface area contributed by atoms with E-state index >= 15 is 0 Å². The van der Waals surface area contributed by atoms with Crippen molar-refractivity contribution in [3.05, 3.63) is 58.4 Å². The minimum atomic E-state index is -0.186. The highest BCUT2D eigenvalue weighted by molar-refractivity contribution is 6.31. The number of benzene rings is 1. The van der Waals surface area contributed by atoms with Crippen LogP contribution in [0.4, 0.5) is 10.5 Å². The summed E-state index contributed by atoms with van der Waals surface area (Å²) in [6, 6.07) is 8.84. The SMILES string of the molecule is Cc1ccc(C(=O)N2CCN(C(=O)Nc3ccc(C)c(Cl)c3)CC2)cn1. The number of urea groups is 1.